The monoisotopic (exact) mass is 372 g/mol. The van der Waals surface area contributed by atoms with E-state index in [1.807, 2.05) is 43.1 Å². The lowest BCUT2D eigenvalue weighted by Crippen LogP contribution is -2.49. The molecule has 3 rings (SSSR count). The molecule has 0 spiro atoms. The van der Waals surface area contributed by atoms with Crippen molar-refractivity contribution in [3.05, 3.63) is 29.8 Å². The Balaban J connectivity index is 1.52. The maximum atomic E-state index is 12.9. The highest BCUT2D eigenvalue weighted by molar-refractivity contribution is 5.89. The van der Waals surface area contributed by atoms with Gasteiger partial charge in [-0.1, -0.05) is 37.5 Å². The third-order valence-corrected chi connectivity index (χ3v) is 5.93. The number of likely N-dealkylation sites (N-methyl/N-ethyl adjacent to an activating group) is 1. The molecule has 1 unspecified atom stereocenters. The predicted octanol–water partition coefficient (Wildman–Crippen LogP) is 3.40. The van der Waals surface area contributed by atoms with Crippen LogP contribution in [-0.4, -0.2) is 54.4 Å². The largest absolute Gasteiger partial charge is 0.491 e. The van der Waals surface area contributed by atoms with Gasteiger partial charge in [0, 0.05) is 19.5 Å². The maximum absolute atomic E-state index is 12.9. The van der Waals surface area contributed by atoms with Crippen molar-refractivity contribution in [3.8, 4) is 5.75 Å². The topological polar surface area (TPSA) is 49.9 Å². The van der Waals surface area contributed by atoms with Crippen LogP contribution in [0.15, 0.2) is 24.3 Å². The molecule has 1 aromatic rings. The second-order valence-electron chi connectivity index (χ2n) is 7.90. The minimum atomic E-state index is -0.289. The van der Waals surface area contributed by atoms with Gasteiger partial charge in [0.2, 0.25) is 11.8 Å². The van der Waals surface area contributed by atoms with Crippen LogP contribution in [0.5, 0.6) is 5.75 Å². The van der Waals surface area contributed by atoms with E-state index in [2.05, 4.69) is 0 Å². The number of ether oxygens (including phenoxy) is 1. The quantitative estimate of drug-likeness (QED) is 0.769. The Bertz CT molecular complexity index is 655. The molecule has 1 heterocycles. The fourth-order valence-corrected chi connectivity index (χ4v) is 4.25. The Labute approximate surface area is 162 Å². The molecule has 0 aromatic heterocycles. The SMILES string of the molecule is Cc1ccccc1OCCN(C)C(=O)C1CCCN1C(=O)C1CCCCC1. The first-order chi connectivity index (χ1) is 13.1. The Kier molecular flexibility index (Phi) is 6.75. The fourth-order valence-electron chi connectivity index (χ4n) is 4.25. The summed E-state index contributed by atoms with van der Waals surface area (Å²) < 4.78 is 5.82. The summed E-state index contributed by atoms with van der Waals surface area (Å²) in [4.78, 5) is 29.4. The first-order valence-corrected chi connectivity index (χ1v) is 10.3. The first kappa shape index (κ1) is 19.7. The molecule has 1 saturated heterocycles. The summed E-state index contributed by atoms with van der Waals surface area (Å²) in [5.74, 6) is 1.23. The number of amides is 2. The molecule has 0 radical (unpaired) electrons. The molecule has 5 nitrogen and oxygen atoms in total. The summed E-state index contributed by atoms with van der Waals surface area (Å²) in [6.45, 7) is 3.71. The van der Waals surface area contributed by atoms with Gasteiger partial charge in [-0.05, 0) is 44.2 Å². The van der Waals surface area contributed by atoms with Gasteiger partial charge >= 0.3 is 0 Å². The van der Waals surface area contributed by atoms with Gasteiger partial charge in [0.15, 0.2) is 0 Å². The van der Waals surface area contributed by atoms with Gasteiger partial charge in [0.1, 0.15) is 18.4 Å². The number of aryl methyl sites for hydroxylation is 1. The average Bonchev–Trinajstić information content (AvgIpc) is 3.18. The Hall–Kier alpha value is -2.04. The number of hydrogen-bond donors (Lipinski definition) is 0. The second kappa shape index (κ2) is 9.25. The van der Waals surface area contributed by atoms with Gasteiger partial charge < -0.3 is 14.5 Å². The third kappa shape index (κ3) is 4.82. The van der Waals surface area contributed by atoms with Crippen molar-refractivity contribution in [2.45, 2.75) is 57.9 Å². The summed E-state index contributed by atoms with van der Waals surface area (Å²) >= 11 is 0. The van der Waals surface area contributed by atoms with Gasteiger partial charge in [-0.25, -0.2) is 0 Å². The van der Waals surface area contributed by atoms with E-state index in [9.17, 15) is 9.59 Å². The van der Waals surface area contributed by atoms with Crippen molar-refractivity contribution in [1.82, 2.24) is 9.80 Å². The fraction of sp³-hybridized carbons (Fsp3) is 0.636. The van der Waals surface area contributed by atoms with Crippen molar-refractivity contribution >= 4 is 11.8 Å². The number of para-hydroxylation sites is 1. The predicted molar refractivity (Wildman–Crippen MR) is 106 cm³/mol. The van der Waals surface area contributed by atoms with Crippen LogP contribution in [0, 0.1) is 12.8 Å². The summed E-state index contributed by atoms with van der Waals surface area (Å²) in [6, 6.07) is 7.60. The maximum Gasteiger partial charge on any atom is 0.245 e. The van der Waals surface area contributed by atoms with E-state index < -0.39 is 0 Å². The lowest BCUT2D eigenvalue weighted by atomic mass is 9.88. The van der Waals surface area contributed by atoms with Crippen LogP contribution in [0.1, 0.15) is 50.5 Å². The van der Waals surface area contributed by atoms with Crippen LogP contribution in [0.25, 0.3) is 0 Å². The molecular formula is C22H32N2O3. The molecule has 148 valence electrons. The number of benzene rings is 1. The van der Waals surface area contributed by atoms with Crippen LogP contribution in [0.4, 0.5) is 0 Å². The zero-order valence-electron chi connectivity index (χ0n) is 16.7. The number of carbonyl (C=O) groups excluding carboxylic acids is 2. The number of likely N-dealkylation sites (tertiary alicyclic amines) is 1. The van der Waals surface area contributed by atoms with E-state index in [4.69, 9.17) is 4.74 Å². The van der Waals surface area contributed by atoms with Crippen LogP contribution < -0.4 is 4.74 Å². The normalized spacial score (nSPS) is 20.5. The summed E-state index contributed by atoms with van der Waals surface area (Å²) in [6.07, 6.45) is 7.17. The minimum Gasteiger partial charge on any atom is -0.491 e. The molecule has 1 aliphatic heterocycles. The molecule has 2 amide bonds. The molecule has 27 heavy (non-hydrogen) atoms. The lowest BCUT2D eigenvalue weighted by molar-refractivity contribution is -0.146. The van der Waals surface area contributed by atoms with E-state index in [0.29, 0.717) is 13.2 Å². The van der Waals surface area contributed by atoms with Gasteiger partial charge in [-0.2, -0.15) is 0 Å². The van der Waals surface area contributed by atoms with E-state index in [0.717, 1.165) is 56.4 Å². The number of carbonyl (C=O) groups is 2. The van der Waals surface area contributed by atoms with Crippen LogP contribution >= 0.6 is 0 Å². The lowest BCUT2D eigenvalue weighted by Gasteiger charge is -2.32. The van der Waals surface area contributed by atoms with Gasteiger partial charge in [-0.15, -0.1) is 0 Å². The summed E-state index contributed by atoms with van der Waals surface area (Å²) in [7, 11) is 1.81. The van der Waals surface area contributed by atoms with Crippen molar-refractivity contribution in [3.63, 3.8) is 0 Å². The van der Waals surface area contributed by atoms with E-state index >= 15 is 0 Å². The number of rotatable bonds is 6. The molecule has 2 aliphatic rings. The summed E-state index contributed by atoms with van der Waals surface area (Å²) in [5, 5.41) is 0. The van der Waals surface area contributed by atoms with Crippen molar-refractivity contribution < 1.29 is 14.3 Å². The van der Waals surface area contributed by atoms with Crippen LogP contribution in [0.3, 0.4) is 0 Å². The highest BCUT2D eigenvalue weighted by Crippen LogP contribution is 2.29. The molecular weight excluding hydrogens is 340 g/mol. The Morgan fingerprint density at radius 2 is 1.85 bits per heavy atom. The minimum absolute atomic E-state index is 0.0463. The van der Waals surface area contributed by atoms with E-state index in [1.165, 1.54) is 6.42 Å². The zero-order chi connectivity index (χ0) is 19.2. The van der Waals surface area contributed by atoms with Crippen LogP contribution in [0.2, 0.25) is 0 Å². The molecule has 0 N–H and O–H groups in total. The zero-order valence-corrected chi connectivity index (χ0v) is 16.7. The molecule has 1 aliphatic carbocycles. The number of hydrogen-bond acceptors (Lipinski definition) is 3. The summed E-state index contributed by atoms with van der Waals surface area (Å²) in [5.41, 5.74) is 1.09. The van der Waals surface area contributed by atoms with Crippen molar-refractivity contribution in [1.29, 1.82) is 0 Å². The second-order valence-corrected chi connectivity index (χ2v) is 7.90. The molecule has 1 saturated carbocycles. The van der Waals surface area contributed by atoms with E-state index in [-0.39, 0.29) is 23.8 Å². The van der Waals surface area contributed by atoms with Gasteiger partial charge in [0.05, 0.1) is 6.54 Å². The highest BCUT2D eigenvalue weighted by Gasteiger charge is 2.38. The van der Waals surface area contributed by atoms with E-state index in [1.54, 1.807) is 4.90 Å². The standard InChI is InChI=1S/C22H32N2O3/c1-17-9-6-7-13-20(17)27-16-15-23(2)22(26)19-12-8-14-24(19)21(25)18-10-4-3-5-11-18/h6-7,9,13,18-19H,3-5,8,10-12,14-16H2,1-2H3. The molecule has 1 aromatic carbocycles. The van der Waals surface area contributed by atoms with Gasteiger partial charge in [-0.3, -0.25) is 9.59 Å². The van der Waals surface area contributed by atoms with Crippen molar-refractivity contribution in [2.75, 3.05) is 26.7 Å². The van der Waals surface area contributed by atoms with Crippen LogP contribution in [-0.2, 0) is 9.59 Å². The number of nitrogens with zero attached hydrogens (tertiary/aromatic N) is 2. The average molecular weight is 373 g/mol. The molecule has 0 bridgehead atoms. The smallest absolute Gasteiger partial charge is 0.245 e. The third-order valence-electron chi connectivity index (χ3n) is 5.93. The highest BCUT2D eigenvalue weighted by atomic mass is 16.5. The molecule has 2 fully saturated rings. The molecule has 5 heteroatoms. The first-order valence-electron chi connectivity index (χ1n) is 10.3. The van der Waals surface area contributed by atoms with Crippen molar-refractivity contribution in [2.24, 2.45) is 5.92 Å². The molecule has 1 atom stereocenters. The Morgan fingerprint density at radius 3 is 2.59 bits per heavy atom. The van der Waals surface area contributed by atoms with Gasteiger partial charge in [0.25, 0.3) is 0 Å². The Morgan fingerprint density at radius 1 is 1.11 bits per heavy atom.